The molecule has 3 heterocycles. The van der Waals surface area contributed by atoms with Crippen LogP contribution in [0.5, 0.6) is 0 Å². The van der Waals surface area contributed by atoms with Gasteiger partial charge in [-0.25, -0.2) is 9.78 Å². The van der Waals surface area contributed by atoms with Crippen LogP contribution in [0.15, 0.2) is 71.8 Å². The lowest BCUT2D eigenvalue weighted by molar-refractivity contribution is -0.0443. The predicted octanol–water partition coefficient (Wildman–Crippen LogP) is 3.03. The van der Waals surface area contributed by atoms with Gasteiger partial charge in [-0.3, -0.25) is 14.7 Å². The van der Waals surface area contributed by atoms with E-state index in [2.05, 4.69) is 10.3 Å². The summed E-state index contributed by atoms with van der Waals surface area (Å²) in [5, 5.41) is 2.48. The van der Waals surface area contributed by atoms with Crippen molar-refractivity contribution >= 4 is 11.8 Å². The van der Waals surface area contributed by atoms with E-state index in [1.165, 1.54) is 10.6 Å². The highest BCUT2D eigenvalue weighted by Crippen LogP contribution is 2.22. The molecular formula is C21H19N3O5. The minimum Gasteiger partial charge on any atom is -0.444 e. The van der Waals surface area contributed by atoms with Crippen LogP contribution in [0.3, 0.4) is 0 Å². The molecule has 0 saturated carbocycles. The summed E-state index contributed by atoms with van der Waals surface area (Å²) in [4.78, 5) is 29.1. The normalized spacial score (nSPS) is 13.9. The number of anilines is 1. The lowest BCUT2D eigenvalue weighted by atomic mass is 10.2. The van der Waals surface area contributed by atoms with Crippen LogP contribution in [0.4, 0.5) is 10.5 Å². The number of nitrogens with one attached hydrogen (secondary N) is 1. The summed E-state index contributed by atoms with van der Waals surface area (Å²) in [7, 11) is 0. The first-order chi connectivity index (χ1) is 14.2. The first-order valence-electron chi connectivity index (χ1n) is 9.09. The minimum absolute atomic E-state index is 0.0962. The summed E-state index contributed by atoms with van der Waals surface area (Å²) in [5.74, 6) is 0.415. The van der Waals surface area contributed by atoms with Crippen molar-refractivity contribution in [3.63, 3.8) is 0 Å². The zero-order valence-corrected chi connectivity index (χ0v) is 15.5. The molecule has 0 spiro atoms. The SMILES string of the molecule is O=C(Nc1cccn(-c2ccc(C3OCCO3)cn2)c1=O)OCc1ccccc1. The Kier molecular flexibility index (Phi) is 5.64. The molecule has 0 atom stereocenters. The molecule has 1 saturated heterocycles. The Morgan fingerprint density at radius 2 is 1.90 bits per heavy atom. The van der Waals surface area contributed by atoms with Gasteiger partial charge in [0.2, 0.25) is 0 Å². The maximum Gasteiger partial charge on any atom is 0.412 e. The molecule has 0 radical (unpaired) electrons. The summed E-state index contributed by atoms with van der Waals surface area (Å²) >= 11 is 0. The third kappa shape index (κ3) is 4.50. The van der Waals surface area contributed by atoms with Gasteiger partial charge in [-0.05, 0) is 29.8 Å². The monoisotopic (exact) mass is 393 g/mol. The van der Waals surface area contributed by atoms with Crippen molar-refractivity contribution in [2.45, 2.75) is 12.9 Å². The molecule has 1 fully saturated rings. The number of ether oxygens (including phenoxy) is 3. The third-order valence-corrected chi connectivity index (χ3v) is 4.31. The molecule has 4 rings (SSSR count). The average molecular weight is 393 g/mol. The van der Waals surface area contributed by atoms with Crippen molar-refractivity contribution in [1.82, 2.24) is 9.55 Å². The average Bonchev–Trinajstić information content (AvgIpc) is 3.30. The molecule has 1 amide bonds. The van der Waals surface area contributed by atoms with E-state index in [0.29, 0.717) is 19.0 Å². The summed E-state index contributed by atoms with van der Waals surface area (Å²) < 4.78 is 17.4. The van der Waals surface area contributed by atoms with E-state index < -0.39 is 17.9 Å². The second-order valence-electron chi connectivity index (χ2n) is 6.31. The molecule has 1 N–H and O–H groups in total. The first kappa shape index (κ1) is 18.9. The van der Waals surface area contributed by atoms with Crippen LogP contribution in [-0.2, 0) is 20.8 Å². The Labute approximate surface area is 166 Å². The van der Waals surface area contributed by atoms with Gasteiger partial charge in [0, 0.05) is 18.0 Å². The van der Waals surface area contributed by atoms with Crippen LogP contribution in [0.25, 0.3) is 5.82 Å². The van der Waals surface area contributed by atoms with E-state index in [4.69, 9.17) is 14.2 Å². The highest BCUT2D eigenvalue weighted by Gasteiger charge is 2.18. The molecule has 0 bridgehead atoms. The van der Waals surface area contributed by atoms with Gasteiger partial charge in [-0.15, -0.1) is 0 Å². The van der Waals surface area contributed by atoms with Gasteiger partial charge < -0.3 is 14.2 Å². The van der Waals surface area contributed by atoms with Crippen molar-refractivity contribution in [1.29, 1.82) is 0 Å². The van der Waals surface area contributed by atoms with Crippen LogP contribution < -0.4 is 10.9 Å². The van der Waals surface area contributed by atoms with Crippen LogP contribution in [0.2, 0.25) is 0 Å². The highest BCUT2D eigenvalue weighted by molar-refractivity contribution is 5.84. The molecule has 8 heteroatoms. The number of pyridine rings is 2. The second-order valence-corrected chi connectivity index (χ2v) is 6.31. The van der Waals surface area contributed by atoms with E-state index in [1.54, 1.807) is 30.6 Å². The summed E-state index contributed by atoms with van der Waals surface area (Å²) in [5.41, 5.74) is 1.31. The van der Waals surface area contributed by atoms with E-state index in [1.807, 2.05) is 30.3 Å². The van der Waals surface area contributed by atoms with Crippen LogP contribution in [-0.4, -0.2) is 28.9 Å². The van der Waals surface area contributed by atoms with E-state index >= 15 is 0 Å². The van der Waals surface area contributed by atoms with E-state index in [0.717, 1.165) is 11.1 Å². The van der Waals surface area contributed by atoms with Crippen molar-refractivity contribution < 1.29 is 19.0 Å². The standard InChI is InChI=1S/C21H19N3O5/c25-19-17(23-21(26)29-14-15-5-2-1-3-6-15)7-4-10-24(19)18-9-8-16(13-22-18)20-27-11-12-28-20/h1-10,13,20H,11-12,14H2,(H,23,26). The first-order valence-corrected chi connectivity index (χ1v) is 9.09. The lowest BCUT2D eigenvalue weighted by Gasteiger charge is -2.11. The number of hydrogen-bond acceptors (Lipinski definition) is 6. The Morgan fingerprint density at radius 1 is 1.10 bits per heavy atom. The number of hydrogen-bond donors (Lipinski definition) is 1. The molecule has 2 aromatic heterocycles. The smallest absolute Gasteiger partial charge is 0.412 e. The topological polar surface area (TPSA) is 91.7 Å². The minimum atomic E-state index is -0.706. The van der Waals surface area contributed by atoms with Crippen LogP contribution in [0, 0.1) is 0 Å². The number of nitrogens with zero attached hydrogens (tertiary/aromatic N) is 2. The number of carbonyl (C=O) groups is 1. The molecule has 0 unspecified atom stereocenters. The van der Waals surface area contributed by atoms with Gasteiger partial charge in [0.15, 0.2) is 6.29 Å². The number of rotatable bonds is 5. The fourth-order valence-corrected chi connectivity index (χ4v) is 2.87. The fourth-order valence-electron chi connectivity index (χ4n) is 2.87. The largest absolute Gasteiger partial charge is 0.444 e. The molecule has 1 aliphatic heterocycles. The number of benzene rings is 1. The summed E-state index contributed by atoms with van der Waals surface area (Å²) in [6.45, 7) is 1.20. The molecule has 1 aromatic carbocycles. The Balaban J connectivity index is 1.45. The third-order valence-electron chi connectivity index (χ3n) is 4.31. The Morgan fingerprint density at radius 3 is 2.62 bits per heavy atom. The molecule has 8 nitrogen and oxygen atoms in total. The van der Waals surface area contributed by atoms with Crippen molar-refractivity contribution in [3.8, 4) is 5.82 Å². The van der Waals surface area contributed by atoms with Crippen molar-refractivity contribution in [2.24, 2.45) is 0 Å². The van der Waals surface area contributed by atoms with Gasteiger partial charge in [-0.2, -0.15) is 0 Å². The molecule has 1 aliphatic rings. The van der Waals surface area contributed by atoms with Crippen LogP contribution >= 0.6 is 0 Å². The summed E-state index contributed by atoms with van der Waals surface area (Å²) in [6, 6.07) is 15.9. The van der Waals surface area contributed by atoms with Gasteiger partial charge in [0.05, 0.1) is 13.2 Å². The number of aromatic nitrogens is 2. The van der Waals surface area contributed by atoms with Gasteiger partial charge >= 0.3 is 6.09 Å². The molecular weight excluding hydrogens is 374 g/mol. The zero-order valence-electron chi connectivity index (χ0n) is 15.5. The van der Waals surface area contributed by atoms with Crippen molar-refractivity contribution in [3.05, 3.63) is 88.5 Å². The zero-order chi connectivity index (χ0) is 20.1. The Hall–Kier alpha value is -3.49. The molecule has 148 valence electrons. The van der Waals surface area contributed by atoms with Crippen LogP contribution in [0.1, 0.15) is 17.4 Å². The maximum atomic E-state index is 12.7. The molecule has 3 aromatic rings. The fraction of sp³-hybridized carbons (Fsp3) is 0.190. The molecule has 0 aliphatic carbocycles. The number of carbonyl (C=O) groups excluding carboxylic acids is 1. The molecule has 29 heavy (non-hydrogen) atoms. The van der Waals surface area contributed by atoms with E-state index in [-0.39, 0.29) is 12.3 Å². The van der Waals surface area contributed by atoms with E-state index in [9.17, 15) is 9.59 Å². The summed E-state index contributed by atoms with van der Waals surface area (Å²) in [6.07, 6.45) is 2.04. The predicted molar refractivity (Wildman–Crippen MR) is 105 cm³/mol. The Bertz CT molecular complexity index is 1030. The highest BCUT2D eigenvalue weighted by atomic mass is 16.7. The van der Waals surface area contributed by atoms with Gasteiger partial charge in [-0.1, -0.05) is 30.3 Å². The number of amides is 1. The lowest BCUT2D eigenvalue weighted by Crippen LogP contribution is -2.25. The quantitative estimate of drug-likeness (QED) is 0.716. The van der Waals surface area contributed by atoms with Gasteiger partial charge in [0.25, 0.3) is 5.56 Å². The maximum absolute atomic E-state index is 12.7. The second kappa shape index (κ2) is 8.68. The van der Waals surface area contributed by atoms with Crippen molar-refractivity contribution in [2.75, 3.05) is 18.5 Å². The van der Waals surface area contributed by atoms with Gasteiger partial charge in [0.1, 0.15) is 18.1 Å².